The molecule has 1 amide bonds. The van der Waals surface area contributed by atoms with Gasteiger partial charge in [-0.05, 0) is 44.8 Å². The minimum Gasteiger partial charge on any atom is -0.467 e. The molecule has 17 atom stereocenters. The normalized spacial score (nSPS) is 43.2. The number of hydrogen-bond acceptors (Lipinski definition) is 21. The van der Waals surface area contributed by atoms with Crippen LogP contribution in [-0.4, -0.2) is 197 Å². The first-order valence-corrected chi connectivity index (χ1v) is 18.5. The average molecular weight is 781 g/mol. The molecule has 22 heteroatoms. The van der Waals surface area contributed by atoms with E-state index in [1.807, 2.05) is 0 Å². The molecule has 0 aromatic carbocycles. The van der Waals surface area contributed by atoms with Crippen molar-refractivity contribution in [2.24, 2.45) is 28.7 Å². The van der Waals surface area contributed by atoms with Gasteiger partial charge in [0.15, 0.2) is 12.6 Å². The van der Waals surface area contributed by atoms with Gasteiger partial charge in [0.1, 0.15) is 66.8 Å². The average Bonchev–Trinajstić information content (AvgIpc) is 3.45. The molecule has 5 aliphatic rings. The Morgan fingerprint density at radius 3 is 2.24 bits per heavy atom. The number of aliphatic hydroxyl groups excluding tert-OH is 6. The summed E-state index contributed by atoms with van der Waals surface area (Å²) in [6.45, 7) is 0.776. The zero-order valence-electron chi connectivity index (χ0n) is 30.0. The van der Waals surface area contributed by atoms with E-state index in [0.29, 0.717) is 44.7 Å². The van der Waals surface area contributed by atoms with Gasteiger partial charge in [0.2, 0.25) is 12.2 Å². The molecular weight excluding hydrogens is 720 g/mol. The number of aliphatic hydroxyl groups is 7. The number of ether oxygens (including phenoxy) is 6. The summed E-state index contributed by atoms with van der Waals surface area (Å²) in [6.07, 6.45) is -14.8. The molecule has 4 heterocycles. The molecule has 54 heavy (non-hydrogen) atoms. The molecule has 0 aromatic heterocycles. The van der Waals surface area contributed by atoms with Gasteiger partial charge >= 0.3 is 0 Å². The maximum atomic E-state index is 12.6. The van der Waals surface area contributed by atoms with Crippen LogP contribution < -0.4 is 44.6 Å². The number of nitrogens with one attached hydrogen (secondary N) is 3. The Labute approximate surface area is 312 Å². The highest BCUT2D eigenvalue weighted by Gasteiger charge is 2.54. The van der Waals surface area contributed by atoms with Gasteiger partial charge in [0.25, 0.3) is 0 Å². The molecule has 0 spiro atoms. The van der Waals surface area contributed by atoms with E-state index < -0.39 is 122 Å². The first-order chi connectivity index (χ1) is 25.7. The van der Waals surface area contributed by atoms with E-state index in [0.717, 1.165) is 0 Å². The first kappa shape index (κ1) is 43.4. The van der Waals surface area contributed by atoms with Gasteiger partial charge in [0, 0.05) is 25.7 Å². The van der Waals surface area contributed by atoms with Gasteiger partial charge in [-0.25, -0.2) is 0 Å². The van der Waals surface area contributed by atoms with E-state index in [1.54, 1.807) is 6.08 Å². The molecule has 17 unspecified atom stereocenters. The van der Waals surface area contributed by atoms with Crippen molar-refractivity contribution < 1.29 is 69.0 Å². The van der Waals surface area contributed by atoms with Crippen molar-refractivity contribution in [2.45, 2.75) is 135 Å². The van der Waals surface area contributed by atoms with Crippen LogP contribution in [0.2, 0.25) is 0 Å². The van der Waals surface area contributed by atoms with Crippen molar-refractivity contribution in [3.05, 3.63) is 11.8 Å². The lowest BCUT2D eigenvalue weighted by molar-refractivity contribution is -0.282. The maximum Gasteiger partial charge on any atom is 0.250 e. The van der Waals surface area contributed by atoms with Gasteiger partial charge in [-0.1, -0.05) is 0 Å². The van der Waals surface area contributed by atoms with E-state index in [4.69, 9.17) is 57.1 Å². The van der Waals surface area contributed by atoms with Gasteiger partial charge in [-0.2, -0.15) is 0 Å². The van der Waals surface area contributed by atoms with E-state index in [1.165, 1.54) is 0 Å². The fourth-order valence-electron chi connectivity index (χ4n) is 7.36. The lowest BCUT2D eigenvalue weighted by Crippen LogP contribution is -2.67. The number of hydrogen-bond donors (Lipinski definition) is 15. The molecule has 5 rings (SSSR count). The molecule has 0 radical (unpaired) electrons. The third-order valence-corrected chi connectivity index (χ3v) is 10.7. The van der Waals surface area contributed by atoms with Crippen molar-refractivity contribution in [1.82, 2.24) is 16.0 Å². The summed E-state index contributed by atoms with van der Waals surface area (Å²) in [4.78, 5) is 12.6. The zero-order chi connectivity index (χ0) is 39.3. The van der Waals surface area contributed by atoms with E-state index >= 15 is 0 Å². The second-order valence-electron chi connectivity index (χ2n) is 14.7. The van der Waals surface area contributed by atoms with Gasteiger partial charge in [0.05, 0.1) is 36.9 Å². The van der Waals surface area contributed by atoms with Crippen molar-refractivity contribution in [3.63, 3.8) is 0 Å². The standard InChI is InChI=1S/C32H60N8O14/c33-8-17(42)28(47)40-16-7-15(36)25(52-29-14(35)2-1-13(49-29)10-39-12-32(48)3-5-38-6-4-32)27(21(16)43)54-31-24(46)26(19(11-41)51-31)53-30-20(37)23(45)22(44)18(9-34)50-30/h1,14-27,29-31,38-39,41-46,48H,2-12,33-37H2,(H,40,47). The highest BCUT2D eigenvalue weighted by atomic mass is 16.8. The summed E-state index contributed by atoms with van der Waals surface area (Å²) in [5, 5.41) is 83.7. The number of piperidine rings is 1. The smallest absolute Gasteiger partial charge is 0.250 e. The Balaban J connectivity index is 1.30. The molecule has 1 saturated carbocycles. The lowest BCUT2D eigenvalue weighted by atomic mass is 9.83. The molecule has 0 bridgehead atoms. The van der Waals surface area contributed by atoms with E-state index in [9.17, 15) is 40.5 Å². The maximum absolute atomic E-state index is 12.6. The summed E-state index contributed by atoms with van der Waals surface area (Å²) >= 11 is 0. The minimum atomic E-state index is -1.67. The van der Waals surface area contributed by atoms with Crippen molar-refractivity contribution in [3.8, 4) is 0 Å². The van der Waals surface area contributed by atoms with Crippen molar-refractivity contribution >= 4 is 5.91 Å². The SMILES string of the molecule is NCC(O)C(=O)NC1CC(N)C(OC2OC(CNCC3(O)CCNCC3)=CCC2N)C(OC2OC(CO)C(OC3OC(CN)C(O)C(O)C3N)C2O)C1O. The first-order valence-electron chi connectivity index (χ1n) is 18.5. The van der Waals surface area contributed by atoms with Crippen LogP contribution in [0.25, 0.3) is 0 Å². The van der Waals surface area contributed by atoms with Crippen LogP contribution in [0.3, 0.4) is 0 Å². The number of amides is 1. The topological polar surface area (TPSA) is 380 Å². The van der Waals surface area contributed by atoms with E-state index in [-0.39, 0.29) is 26.1 Å². The largest absolute Gasteiger partial charge is 0.467 e. The van der Waals surface area contributed by atoms with Crippen LogP contribution in [-0.2, 0) is 33.2 Å². The monoisotopic (exact) mass is 780 g/mol. The molecule has 4 fully saturated rings. The van der Waals surface area contributed by atoms with E-state index in [2.05, 4.69) is 16.0 Å². The number of carbonyl (C=O) groups excluding carboxylic acids is 1. The third-order valence-electron chi connectivity index (χ3n) is 10.7. The van der Waals surface area contributed by atoms with Crippen molar-refractivity contribution in [1.29, 1.82) is 0 Å². The molecule has 20 N–H and O–H groups in total. The van der Waals surface area contributed by atoms with Crippen molar-refractivity contribution in [2.75, 3.05) is 45.9 Å². The van der Waals surface area contributed by atoms with Crippen LogP contribution in [0.5, 0.6) is 0 Å². The fraction of sp³-hybridized carbons (Fsp3) is 0.906. The Morgan fingerprint density at radius 1 is 0.907 bits per heavy atom. The molecule has 22 nitrogen and oxygen atoms in total. The van der Waals surface area contributed by atoms with Crippen LogP contribution in [0.4, 0.5) is 0 Å². The van der Waals surface area contributed by atoms with Crippen LogP contribution in [0.1, 0.15) is 25.7 Å². The number of carbonyl (C=O) groups is 1. The molecule has 312 valence electrons. The highest BCUT2D eigenvalue weighted by Crippen LogP contribution is 2.34. The Morgan fingerprint density at radius 2 is 1.57 bits per heavy atom. The number of nitrogens with two attached hydrogens (primary N) is 5. The lowest BCUT2D eigenvalue weighted by Gasteiger charge is -2.46. The van der Waals surface area contributed by atoms with Gasteiger partial charge < -0.3 is 109 Å². The van der Waals surface area contributed by atoms with Crippen LogP contribution >= 0.6 is 0 Å². The fourth-order valence-corrected chi connectivity index (χ4v) is 7.36. The molecule has 4 aliphatic heterocycles. The molecule has 1 aliphatic carbocycles. The molecule has 3 saturated heterocycles. The summed E-state index contributed by atoms with van der Waals surface area (Å²) in [7, 11) is 0. The summed E-state index contributed by atoms with van der Waals surface area (Å²) in [5.41, 5.74) is 29.3. The predicted octanol–water partition coefficient (Wildman–Crippen LogP) is -8.49. The second kappa shape index (κ2) is 19.1. The Bertz CT molecular complexity index is 1240. The predicted molar refractivity (Wildman–Crippen MR) is 185 cm³/mol. The Kier molecular flexibility index (Phi) is 15.4. The molecular formula is C32H60N8O14. The summed E-state index contributed by atoms with van der Waals surface area (Å²) in [5.74, 6) is -0.362. The van der Waals surface area contributed by atoms with Gasteiger partial charge in [-0.15, -0.1) is 0 Å². The number of rotatable bonds is 15. The van der Waals surface area contributed by atoms with Gasteiger partial charge in [-0.3, -0.25) is 4.79 Å². The third kappa shape index (κ3) is 10.0. The second-order valence-corrected chi connectivity index (χ2v) is 14.7. The minimum absolute atomic E-state index is 0.0547. The molecule has 0 aromatic rings. The van der Waals surface area contributed by atoms with Crippen LogP contribution in [0, 0.1) is 0 Å². The summed E-state index contributed by atoms with van der Waals surface area (Å²) < 4.78 is 36.0. The van der Waals surface area contributed by atoms with Crippen LogP contribution in [0.15, 0.2) is 11.8 Å². The highest BCUT2D eigenvalue weighted by molar-refractivity contribution is 5.81. The summed E-state index contributed by atoms with van der Waals surface area (Å²) in [6, 6.07) is -4.00. The quantitative estimate of drug-likeness (QED) is 0.0733. The zero-order valence-corrected chi connectivity index (χ0v) is 30.0. The Hall–Kier alpha value is -1.75.